The number of Topliss-reactive ketones (excluding diaryl/α,β-unsaturated/α-hetero) is 1. The first-order valence-corrected chi connectivity index (χ1v) is 10.6. The summed E-state index contributed by atoms with van der Waals surface area (Å²) in [7, 11) is 0. The standard InChI is InChI=1S/C22H30N2O3/c1-12(25)27-18-7-6-15-14-4-5-17-20(26)19-13(11-23-24-19)10-22(17,3)16(14)8-9-21(15,18)2/h11,14-18H,4-10H2,1-3H3,(H,23,24). The van der Waals surface area contributed by atoms with Gasteiger partial charge in [0.2, 0.25) is 0 Å². The quantitative estimate of drug-likeness (QED) is 0.760. The Balaban J connectivity index is 1.47. The van der Waals surface area contributed by atoms with Crippen molar-refractivity contribution in [3.63, 3.8) is 0 Å². The zero-order valence-corrected chi connectivity index (χ0v) is 16.6. The SMILES string of the molecule is CC(=O)OC1CCC2C3CCC4C(=O)c5[nH]ncc5CC4(C)C3CCC12C. The molecule has 0 saturated heterocycles. The van der Waals surface area contributed by atoms with Gasteiger partial charge in [0.25, 0.3) is 0 Å². The van der Waals surface area contributed by atoms with E-state index in [0.717, 1.165) is 56.2 Å². The average Bonchev–Trinajstić information content (AvgIpc) is 3.19. The summed E-state index contributed by atoms with van der Waals surface area (Å²) in [5, 5.41) is 7.10. The van der Waals surface area contributed by atoms with Crippen molar-refractivity contribution in [2.75, 3.05) is 0 Å². The van der Waals surface area contributed by atoms with Crippen LogP contribution in [0, 0.1) is 34.5 Å². The molecule has 7 unspecified atom stereocenters. The van der Waals surface area contributed by atoms with Crippen molar-refractivity contribution in [1.82, 2.24) is 10.2 Å². The van der Waals surface area contributed by atoms with Crippen LogP contribution in [0.1, 0.15) is 75.3 Å². The number of H-pyrrole nitrogens is 1. The minimum atomic E-state index is -0.148. The predicted molar refractivity (Wildman–Crippen MR) is 100 cm³/mol. The minimum Gasteiger partial charge on any atom is -0.462 e. The second-order valence-electron chi connectivity index (χ2n) is 10.0. The lowest BCUT2D eigenvalue weighted by atomic mass is 9.45. The van der Waals surface area contributed by atoms with Crippen molar-refractivity contribution in [3.05, 3.63) is 17.5 Å². The van der Waals surface area contributed by atoms with Gasteiger partial charge in [-0.15, -0.1) is 0 Å². The van der Waals surface area contributed by atoms with Crippen molar-refractivity contribution >= 4 is 11.8 Å². The van der Waals surface area contributed by atoms with Crippen molar-refractivity contribution in [2.45, 2.75) is 71.8 Å². The molecule has 1 aromatic heterocycles. The van der Waals surface area contributed by atoms with E-state index in [0.29, 0.717) is 17.8 Å². The number of esters is 1. The number of hydrogen-bond donors (Lipinski definition) is 1. The van der Waals surface area contributed by atoms with Gasteiger partial charge < -0.3 is 4.74 Å². The maximum Gasteiger partial charge on any atom is 0.302 e. The molecule has 4 aliphatic carbocycles. The maximum atomic E-state index is 13.1. The van der Waals surface area contributed by atoms with Gasteiger partial charge in [-0.3, -0.25) is 14.7 Å². The van der Waals surface area contributed by atoms with Gasteiger partial charge >= 0.3 is 5.97 Å². The molecular formula is C22H30N2O3. The topological polar surface area (TPSA) is 72.1 Å². The van der Waals surface area contributed by atoms with E-state index in [-0.39, 0.29) is 34.6 Å². The van der Waals surface area contributed by atoms with Gasteiger partial charge in [0.1, 0.15) is 11.8 Å². The number of nitrogens with one attached hydrogen (secondary N) is 1. The lowest BCUT2D eigenvalue weighted by Gasteiger charge is -2.59. The molecule has 27 heavy (non-hydrogen) atoms. The van der Waals surface area contributed by atoms with Crippen LogP contribution in [0.3, 0.4) is 0 Å². The monoisotopic (exact) mass is 370 g/mol. The van der Waals surface area contributed by atoms with Crippen LogP contribution in [0.15, 0.2) is 6.20 Å². The summed E-state index contributed by atoms with van der Waals surface area (Å²) in [6, 6.07) is 0. The predicted octanol–water partition coefficient (Wildman–Crippen LogP) is 3.94. The molecule has 0 radical (unpaired) electrons. The Bertz CT molecular complexity index is 801. The summed E-state index contributed by atoms with van der Waals surface area (Å²) in [5.41, 5.74) is 2.01. The molecule has 7 atom stereocenters. The smallest absolute Gasteiger partial charge is 0.302 e. The number of fused-ring (bicyclic) bond motifs is 6. The van der Waals surface area contributed by atoms with E-state index >= 15 is 0 Å². The molecule has 1 aromatic rings. The lowest BCUT2D eigenvalue weighted by Crippen LogP contribution is -2.56. The molecule has 0 aliphatic heterocycles. The second-order valence-corrected chi connectivity index (χ2v) is 10.0. The summed E-state index contributed by atoms with van der Waals surface area (Å²) in [5.74, 6) is 2.10. The molecule has 146 valence electrons. The minimum absolute atomic E-state index is 0.0394. The van der Waals surface area contributed by atoms with Gasteiger partial charge in [0.05, 0.1) is 6.20 Å². The third-order valence-electron chi connectivity index (χ3n) is 8.94. The number of carbonyl (C=O) groups excluding carboxylic acids is 2. The zero-order valence-electron chi connectivity index (χ0n) is 16.6. The van der Waals surface area contributed by atoms with Crippen molar-refractivity contribution < 1.29 is 14.3 Å². The Morgan fingerprint density at radius 2 is 1.93 bits per heavy atom. The molecule has 0 spiro atoms. The largest absolute Gasteiger partial charge is 0.462 e. The second kappa shape index (κ2) is 5.68. The van der Waals surface area contributed by atoms with Crippen molar-refractivity contribution in [2.24, 2.45) is 34.5 Å². The van der Waals surface area contributed by atoms with E-state index in [1.807, 2.05) is 6.20 Å². The molecule has 3 fully saturated rings. The number of aromatic nitrogens is 2. The van der Waals surface area contributed by atoms with Crippen LogP contribution < -0.4 is 0 Å². The highest BCUT2D eigenvalue weighted by Gasteiger charge is 2.62. The van der Waals surface area contributed by atoms with Crippen LogP contribution in [-0.2, 0) is 16.0 Å². The Labute approximate surface area is 160 Å². The number of nitrogens with zero attached hydrogens (tertiary/aromatic N) is 1. The summed E-state index contributed by atoms with van der Waals surface area (Å²) in [4.78, 5) is 24.7. The summed E-state index contributed by atoms with van der Waals surface area (Å²) in [6.45, 7) is 6.25. The first-order valence-electron chi connectivity index (χ1n) is 10.6. The number of rotatable bonds is 1. The Morgan fingerprint density at radius 1 is 1.15 bits per heavy atom. The summed E-state index contributed by atoms with van der Waals surface area (Å²) >= 11 is 0. The molecule has 0 bridgehead atoms. The van der Waals surface area contributed by atoms with Crippen LogP contribution in [0.2, 0.25) is 0 Å². The molecule has 5 nitrogen and oxygen atoms in total. The molecule has 1 N–H and O–H groups in total. The third kappa shape index (κ3) is 2.26. The van der Waals surface area contributed by atoms with Crippen LogP contribution in [-0.4, -0.2) is 28.1 Å². The Morgan fingerprint density at radius 3 is 2.70 bits per heavy atom. The summed E-state index contributed by atoms with van der Waals surface area (Å²) < 4.78 is 5.74. The van der Waals surface area contributed by atoms with Crippen LogP contribution in [0.25, 0.3) is 0 Å². The molecular weight excluding hydrogens is 340 g/mol. The van der Waals surface area contributed by atoms with Gasteiger partial charge in [-0.25, -0.2) is 0 Å². The van der Waals surface area contributed by atoms with Crippen molar-refractivity contribution in [1.29, 1.82) is 0 Å². The fourth-order valence-electron chi connectivity index (χ4n) is 7.73. The van der Waals surface area contributed by atoms with Gasteiger partial charge in [0.15, 0.2) is 5.78 Å². The maximum absolute atomic E-state index is 13.1. The summed E-state index contributed by atoms with van der Waals surface area (Å²) in [6.07, 6.45) is 9.41. The van der Waals surface area contributed by atoms with E-state index in [2.05, 4.69) is 24.0 Å². The van der Waals surface area contributed by atoms with Crippen molar-refractivity contribution in [3.8, 4) is 0 Å². The number of carbonyl (C=O) groups is 2. The van der Waals surface area contributed by atoms with E-state index in [1.165, 1.54) is 6.92 Å². The number of ether oxygens (including phenoxy) is 1. The number of aromatic amines is 1. The van der Waals surface area contributed by atoms with E-state index in [9.17, 15) is 9.59 Å². The fourth-order valence-corrected chi connectivity index (χ4v) is 7.73. The number of ketones is 1. The highest BCUT2D eigenvalue weighted by atomic mass is 16.5. The molecule has 3 saturated carbocycles. The fraction of sp³-hybridized carbons (Fsp3) is 0.773. The Hall–Kier alpha value is -1.65. The van der Waals surface area contributed by atoms with Gasteiger partial charge in [0, 0.05) is 23.8 Å². The zero-order chi connectivity index (χ0) is 19.0. The van der Waals surface area contributed by atoms with Gasteiger partial charge in [-0.1, -0.05) is 13.8 Å². The van der Waals surface area contributed by atoms with Gasteiger partial charge in [-0.05, 0) is 68.1 Å². The third-order valence-corrected chi connectivity index (χ3v) is 8.94. The highest BCUT2D eigenvalue weighted by molar-refractivity contribution is 5.99. The van der Waals surface area contributed by atoms with Crippen LogP contribution in [0.4, 0.5) is 0 Å². The molecule has 0 aromatic carbocycles. The first kappa shape index (κ1) is 17.4. The molecule has 1 heterocycles. The number of hydrogen-bond acceptors (Lipinski definition) is 4. The molecule has 5 rings (SSSR count). The lowest BCUT2D eigenvalue weighted by molar-refractivity contribution is -0.159. The van der Waals surface area contributed by atoms with E-state index < -0.39 is 0 Å². The van der Waals surface area contributed by atoms with Gasteiger partial charge in [-0.2, -0.15) is 5.10 Å². The van der Waals surface area contributed by atoms with E-state index in [4.69, 9.17) is 4.74 Å². The molecule has 5 heteroatoms. The first-order chi connectivity index (χ1) is 12.8. The normalized spacial score (nSPS) is 45.4. The van der Waals surface area contributed by atoms with Crippen LogP contribution >= 0.6 is 0 Å². The molecule has 0 amide bonds. The Kier molecular flexibility index (Phi) is 3.67. The average molecular weight is 370 g/mol. The molecule has 4 aliphatic rings. The van der Waals surface area contributed by atoms with Crippen LogP contribution in [0.5, 0.6) is 0 Å². The highest BCUT2D eigenvalue weighted by Crippen LogP contribution is 2.65. The van der Waals surface area contributed by atoms with E-state index in [1.54, 1.807) is 0 Å².